The summed E-state index contributed by atoms with van der Waals surface area (Å²) < 4.78 is 27.4. The average Bonchev–Trinajstić information content (AvgIpc) is 2.49. The third kappa shape index (κ3) is 1.53. The zero-order chi connectivity index (χ0) is 9.26. The van der Waals surface area contributed by atoms with Gasteiger partial charge in [0.15, 0.2) is 5.65 Å². The fourth-order valence-corrected chi connectivity index (χ4v) is 0.857. The van der Waals surface area contributed by atoms with Crippen LogP contribution in [-0.2, 0) is 0 Å². The largest absolute Gasteiger partial charge is 0.401 e. The van der Waals surface area contributed by atoms with Crippen LogP contribution < -0.4 is 4.74 Å². The Morgan fingerprint density at radius 2 is 2.23 bits per heavy atom. The summed E-state index contributed by atoms with van der Waals surface area (Å²) in [6.45, 7) is -2.92. The van der Waals surface area contributed by atoms with Gasteiger partial charge in [-0.25, -0.2) is 9.97 Å². The molecule has 13 heavy (non-hydrogen) atoms. The standard InChI is InChI=1S/C6H4F2N4O/c7-5(8)13-6-9-1-3-4(12-6)11-2-10-3/h1-2,5H,(H,9,10,11,12). The van der Waals surface area contributed by atoms with Gasteiger partial charge >= 0.3 is 12.6 Å². The third-order valence-corrected chi connectivity index (χ3v) is 1.35. The predicted octanol–water partition coefficient (Wildman–Crippen LogP) is 0.954. The number of hydrogen-bond acceptors (Lipinski definition) is 4. The number of halogens is 2. The van der Waals surface area contributed by atoms with Gasteiger partial charge in [-0.2, -0.15) is 13.8 Å². The third-order valence-electron chi connectivity index (χ3n) is 1.35. The van der Waals surface area contributed by atoms with E-state index in [4.69, 9.17) is 0 Å². The van der Waals surface area contributed by atoms with Crippen LogP contribution in [0.4, 0.5) is 8.78 Å². The lowest BCUT2D eigenvalue weighted by Gasteiger charge is -1.99. The van der Waals surface area contributed by atoms with Gasteiger partial charge in [0.25, 0.3) is 0 Å². The summed E-state index contributed by atoms with van der Waals surface area (Å²) in [5.41, 5.74) is 0.868. The van der Waals surface area contributed by atoms with Crippen LogP contribution in [0.3, 0.4) is 0 Å². The molecule has 2 aromatic heterocycles. The summed E-state index contributed by atoms with van der Waals surface area (Å²) in [5, 5.41) is 0. The normalized spacial score (nSPS) is 11.0. The Kier molecular flexibility index (Phi) is 1.76. The van der Waals surface area contributed by atoms with Crippen molar-refractivity contribution in [3.8, 4) is 6.01 Å². The Bertz CT molecular complexity index is 416. The zero-order valence-corrected chi connectivity index (χ0v) is 6.24. The smallest absolute Gasteiger partial charge is 0.389 e. The van der Waals surface area contributed by atoms with E-state index in [-0.39, 0.29) is 6.01 Å². The Balaban J connectivity index is 2.37. The van der Waals surface area contributed by atoms with Gasteiger partial charge in [0, 0.05) is 0 Å². The van der Waals surface area contributed by atoms with Crippen molar-refractivity contribution in [1.29, 1.82) is 0 Å². The quantitative estimate of drug-likeness (QED) is 0.758. The van der Waals surface area contributed by atoms with Gasteiger partial charge in [0.05, 0.1) is 12.5 Å². The number of nitrogens with one attached hydrogen (secondary N) is 1. The summed E-state index contributed by atoms with van der Waals surface area (Å²) in [5.74, 6) is 0. The van der Waals surface area contributed by atoms with Gasteiger partial charge in [-0.3, -0.25) is 0 Å². The lowest BCUT2D eigenvalue weighted by atomic mass is 10.6. The zero-order valence-electron chi connectivity index (χ0n) is 6.24. The molecule has 0 fully saturated rings. The summed E-state index contributed by atoms with van der Waals surface area (Å²) >= 11 is 0. The second kappa shape index (κ2) is 2.92. The molecule has 0 spiro atoms. The van der Waals surface area contributed by atoms with Gasteiger partial charge in [-0.05, 0) is 0 Å². The SMILES string of the molecule is FC(F)Oc1ncc2[nH]cnc2n1. The fourth-order valence-electron chi connectivity index (χ4n) is 0.857. The topological polar surface area (TPSA) is 63.7 Å². The van der Waals surface area contributed by atoms with E-state index < -0.39 is 6.61 Å². The molecule has 5 nitrogen and oxygen atoms in total. The first-order valence-electron chi connectivity index (χ1n) is 3.36. The fraction of sp³-hybridized carbons (Fsp3) is 0.167. The number of fused-ring (bicyclic) bond motifs is 1. The molecule has 0 amide bonds. The number of hydrogen-bond donors (Lipinski definition) is 1. The molecule has 2 aromatic rings. The summed E-state index contributed by atoms with van der Waals surface area (Å²) in [4.78, 5) is 13.6. The number of imidazole rings is 1. The second-order valence-corrected chi connectivity index (χ2v) is 2.17. The molecule has 0 aliphatic heterocycles. The number of aromatic nitrogens is 4. The predicted molar refractivity (Wildman–Crippen MR) is 38.3 cm³/mol. The van der Waals surface area contributed by atoms with Crippen molar-refractivity contribution in [1.82, 2.24) is 19.9 Å². The van der Waals surface area contributed by atoms with Crippen LogP contribution in [-0.4, -0.2) is 26.5 Å². The van der Waals surface area contributed by atoms with Crippen LogP contribution >= 0.6 is 0 Å². The summed E-state index contributed by atoms with van der Waals surface area (Å²) in [6, 6.07) is -0.380. The first-order chi connectivity index (χ1) is 6.25. The lowest BCUT2D eigenvalue weighted by molar-refractivity contribution is -0.0558. The molecule has 0 aromatic carbocycles. The van der Waals surface area contributed by atoms with E-state index >= 15 is 0 Å². The molecule has 0 atom stereocenters. The van der Waals surface area contributed by atoms with Crippen molar-refractivity contribution >= 4 is 11.2 Å². The van der Waals surface area contributed by atoms with Crippen LogP contribution in [0, 0.1) is 0 Å². The highest BCUT2D eigenvalue weighted by Gasteiger charge is 2.08. The van der Waals surface area contributed by atoms with E-state index in [9.17, 15) is 8.78 Å². The number of alkyl halides is 2. The van der Waals surface area contributed by atoms with Crippen molar-refractivity contribution in [2.24, 2.45) is 0 Å². The van der Waals surface area contributed by atoms with E-state index in [1.165, 1.54) is 12.5 Å². The maximum Gasteiger partial charge on any atom is 0.389 e. The number of ether oxygens (including phenoxy) is 1. The van der Waals surface area contributed by atoms with Gasteiger partial charge < -0.3 is 9.72 Å². The molecule has 1 N–H and O–H groups in total. The number of rotatable bonds is 2. The van der Waals surface area contributed by atoms with E-state index in [1.807, 2.05) is 0 Å². The van der Waals surface area contributed by atoms with Crippen molar-refractivity contribution in [2.45, 2.75) is 6.61 Å². The number of nitrogens with zero attached hydrogens (tertiary/aromatic N) is 3. The molecule has 0 saturated heterocycles. The number of H-pyrrole nitrogens is 1. The lowest BCUT2D eigenvalue weighted by Crippen LogP contribution is -2.05. The molecular formula is C6H4F2N4O. The van der Waals surface area contributed by atoms with E-state index in [1.54, 1.807) is 0 Å². The molecule has 0 aliphatic rings. The molecule has 2 heterocycles. The van der Waals surface area contributed by atoms with Gasteiger partial charge in [-0.15, -0.1) is 0 Å². The van der Waals surface area contributed by atoms with Crippen molar-refractivity contribution in [2.75, 3.05) is 0 Å². The molecular weight excluding hydrogens is 182 g/mol. The number of aromatic amines is 1. The molecule has 0 radical (unpaired) electrons. The minimum absolute atomic E-state index is 0.297. The van der Waals surface area contributed by atoms with E-state index in [2.05, 4.69) is 24.7 Å². The average molecular weight is 186 g/mol. The first-order valence-corrected chi connectivity index (χ1v) is 3.36. The highest BCUT2D eigenvalue weighted by Crippen LogP contribution is 2.10. The van der Waals surface area contributed by atoms with Crippen molar-refractivity contribution < 1.29 is 13.5 Å². The Labute approximate surface area is 70.8 Å². The highest BCUT2D eigenvalue weighted by atomic mass is 19.3. The van der Waals surface area contributed by atoms with Gasteiger partial charge in [-0.1, -0.05) is 0 Å². The van der Waals surface area contributed by atoms with Crippen LogP contribution in [0.25, 0.3) is 11.2 Å². The van der Waals surface area contributed by atoms with Crippen LogP contribution in [0.2, 0.25) is 0 Å². The Hall–Kier alpha value is -1.79. The maximum absolute atomic E-state index is 11.7. The van der Waals surface area contributed by atoms with E-state index in [0.29, 0.717) is 11.2 Å². The summed E-state index contributed by atoms with van der Waals surface area (Å²) in [7, 11) is 0. The van der Waals surface area contributed by atoms with Crippen LogP contribution in [0.15, 0.2) is 12.5 Å². The second-order valence-electron chi connectivity index (χ2n) is 2.17. The minimum atomic E-state index is -2.92. The molecule has 0 bridgehead atoms. The maximum atomic E-state index is 11.7. The molecule has 0 aliphatic carbocycles. The van der Waals surface area contributed by atoms with Crippen molar-refractivity contribution in [3.05, 3.63) is 12.5 Å². The molecule has 0 unspecified atom stereocenters. The minimum Gasteiger partial charge on any atom is -0.401 e. The molecule has 68 valence electrons. The molecule has 2 rings (SSSR count). The summed E-state index contributed by atoms with van der Waals surface area (Å²) in [6.07, 6.45) is 2.72. The first kappa shape index (κ1) is 7.84. The Morgan fingerprint density at radius 1 is 1.38 bits per heavy atom. The molecule has 0 saturated carbocycles. The van der Waals surface area contributed by atoms with E-state index in [0.717, 1.165) is 0 Å². The van der Waals surface area contributed by atoms with Crippen LogP contribution in [0.5, 0.6) is 6.01 Å². The highest BCUT2D eigenvalue weighted by molar-refractivity contribution is 5.68. The van der Waals surface area contributed by atoms with Crippen LogP contribution in [0.1, 0.15) is 0 Å². The Morgan fingerprint density at radius 3 is 3.00 bits per heavy atom. The molecule has 7 heteroatoms. The monoisotopic (exact) mass is 186 g/mol. The van der Waals surface area contributed by atoms with Gasteiger partial charge in [0.2, 0.25) is 0 Å². The van der Waals surface area contributed by atoms with Crippen molar-refractivity contribution in [3.63, 3.8) is 0 Å². The van der Waals surface area contributed by atoms with Gasteiger partial charge in [0.1, 0.15) is 5.52 Å².